The number of imidazole rings is 1. The zero-order chi connectivity index (χ0) is 19.8. The number of nitrogens with zero attached hydrogens (tertiary/aromatic N) is 2. The first-order valence-corrected chi connectivity index (χ1v) is 9.73. The van der Waals surface area contributed by atoms with Gasteiger partial charge in [-0.15, -0.1) is 0 Å². The summed E-state index contributed by atoms with van der Waals surface area (Å²) < 4.78 is 7.70. The lowest BCUT2D eigenvalue weighted by molar-refractivity contribution is -0.115. The highest BCUT2D eigenvalue weighted by Gasteiger charge is 2.18. The zero-order valence-electron chi connectivity index (χ0n) is 15.5. The highest BCUT2D eigenvalue weighted by molar-refractivity contribution is 6.30. The standard InChI is InChI=1S/C24H17ClN2O2/c25-20-7-8-23-18(13-20)12-19(15-29-23)22(28)11-16-4-3-5-17(10-16)21-14-27-9-2-1-6-24(27)26-21/h1-10,12-14H,11,15H2. The van der Waals surface area contributed by atoms with Crippen LogP contribution in [0.4, 0.5) is 0 Å². The van der Waals surface area contributed by atoms with Crippen LogP contribution >= 0.6 is 11.6 Å². The topological polar surface area (TPSA) is 43.6 Å². The molecule has 0 fully saturated rings. The van der Waals surface area contributed by atoms with Crippen molar-refractivity contribution in [3.63, 3.8) is 0 Å². The van der Waals surface area contributed by atoms with Gasteiger partial charge in [-0.1, -0.05) is 35.9 Å². The maximum Gasteiger partial charge on any atom is 0.166 e. The first-order chi connectivity index (χ1) is 14.2. The van der Waals surface area contributed by atoms with E-state index in [1.807, 2.05) is 77.5 Å². The number of carbonyl (C=O) groups is 1. The van der Waals surface area contributed by atoms with Crippen molar-refractivity contribution >= 4 is 29.1 Å². The molecule has 2 aromatic heterocycles. The Kier molecular flexibility index (Phi) is 4.41. The molecule has 0 amide bonds. The van der Waals surface area contributed by atoms with Crippen LogP contribution in [0.25, 0.3) is 23.0 Å². The van der Waals surface area contributed by atoms with Crippen molar-refractivity contribution in [2.45, 2.75) is 6.42 Å². The molecule has 0 aliphatic carbocycles. The molecule has 2 aromatic carbocycles. The van der Waals surface area contributed by atoms with E-state index in [1.165, 1.54) is 0 Å². The molecule has 29 heavy (non-hydrogen) atoms. The number of fused-ring (bicyclic) bond motifs is 2. The molecule has 1 aliphatic rings. The van der Waals surface area contributed by atoms with Crippen LogP contribution in [0, 0.1) is 0 Å². The molecule has 0 atom stereocenters. The van der Waals surface area contributed by atoms with Crippen molar-refractivity contribution in [2.75, 3.05) is 6.61 Å². The Labute approximate surface area is 173 Å². The summed E-state index contributed by atoms with van der Waals surface area (Å²) in [6, 6.07) is 19.3. The van der Waals surface area contributed by atoms with Crippen LogP contribution in [0.15, 0.2) is 78.6 Å². The van der Waals surface area contributed by atoms with Crippen LogP contribution in [0.3, 0.4) is 0 Å². The lowest BCUT2D eigenvalue weighted by Gasteiger charge is -2.17. The van der Waals surface area contributed by atoms with Crippen LogP contribution in [0.1, 0.15) is 11.1 Å². The van der Waals surface area contributed by atoms with E-state index in [-0.39, 0.29) is 12.4 Å². The first-order valence-electron chi connectivity index (χ1n) is 9.35. The van der Waals surface area contributed by atoms with Gasteiger partial charge in [0.1, 0.15) is 18.0 Å². The van der Waals surface area contributed by atoms with E-state index < -0.39 is 0 Å². The third kappa shape index (κ3) is 3.55. The van der Waals surface area contributed by atoms with Gasteiger partial charge in [-0.2, -0.15) is 0 Å². The van der Waals surface area contributed by atoms with Crippen LogP contribution < -0.4 is 4.74 Å². The summed E-state index contributed by atoms with van der Waals surface area (Å²) in [5.41, 5.74) is 5.20. The molecule has 0 N–H and O–H groups in total. The molecule has 5 rings (SSSR count). The molecule has 1 aliphatic heterocycles. The van der Waals surface area contributed by atoms with Gasteiger partial charge in [-0.25, -0.2) is 4.98 Å². The number of benzene rings is 2. The molecule has 3 heterocycles. The van der Waals surface area contributed by atoms with Gasteiger partial charge >= 0.3 is 0 Å². The molecular weight excluding hydrogens is 384 g/mol. The predicted octanol–water partition coefficient (Wildman–Crippen LogP) is 5.24. The number of ketones is 1. The molecule has 4 aromatic rings. The molecule has 0 radical (unpaired) electrons. The second-order valence-electron chi connectivity index (χ2n) is 7.03. The van der Waals surface area contributed by atoms with Crippen LogP contribution in [-0.4, -0.2) is 21.8 Å². The number of halogens is 1. The maximum atomic E-state index is 12.8. The fourth-order valence-corrected chi connectivity index (χ4v) is 3.70. The Bertz CT molecular complexity index is 1240. The summed E-state index contributed by atoms with van der Waals surface area (Å²) >= 11 is 6.06. The predicted molar refractivity (Wildman–Crippen MR) is 114 cm³/mol. The second-order valence-corrected chi connectivity index (χ2v) is 7.47. The Balaban J connectivity index is 1.40. The van der Waals surface area contributed by atoms with Crippen molar-refractivity contribution in [1.29, 1.82) is 0 Å². The monoisotopic (exact) mass is 400 g/mol. The Morgan fingerprint density at radius 2 is 2.03 bits per heavy atom. The Morgan fingerprint density at radius 1 is 1.10 bits per heavy atom. The highest BCUT2D eigenvalue weighted by Crippen LogP contribution is 2.29. The quantitative estimate of drug-likeness (QED) is 0.470. The maximum absolute atomic E-state index is 12.8. The number of pyridine rings is 1. The molecule has 0 unspecified atom stereocenters. The third-order valence-corrected chi connectivity index (χ3v) is 5.23. The minimum atomic E-state index is 0.0442. The molecule has 5 heteroatoms. The lowest BCUT2D eigenvalue weighted by atomic mass is 9.98. The van der Waals surface area contributed by atoms with E-state index in [2.05, 4.69) is 4.98 Å². The van der Waals surface area contributed by atoms with Gasteiger partial charge < -0.3 is 9.14 Å². The first kappa shape index (κ1) is 17.7. The summed E-state index contributed by atoms with van der Waals surface area (Å²) in [5, 5.41) is 0.623. The number of rotatable bonds is 4. The Hall–Kier alpha value is -3.37. The average Bonchev–Trinajstić information content (AvgIpc) is 3.18. The Morgan fingerprint density at radius 3 is 2.93 bits per heavy atom. The van der Waals surface area contributed by atoms with Crippen LogP contribution in [0.5, 0.6) is 5.75 Å². The molecular formula is C24H17ClN2O2. The van der Waals surface area contributed by atoms with Crippen LogP contribution in [0.2, 0.25) is 5.02 Å². The summed E-state index contributed by atoms with van der Waals surface area (Å²) in [4.78, 5) is 17.5. The normalized spacial score (nSPS) is 12.9. The minimum Gasteiger partial charge on any atom is -0.488 e. The number of hydrogen-bond acceptors (Lipinski definition) is 3. The van der Waals surface area contributed by atoms with E-state index in [0.717, 1.165) is 33.8 Å². The number of ether oxygens (including phenoxy) is 1. The largest absolute Gasteiger partial charge is 0.488 e. The molecule has 4 nitrogen and oxygen atoms in total. The summed E-state index contributed by atoms with van der Waals surface area (Å²) in [6.07, 6.45) is 6.15. The number of hydrogen-bond donors (Lipinski definition) is 0. The summed E-state index contributed by atoms with van der Waals surface area (Å²) in [6.45, 7) is 0.277. The average molecular weight is 401 g/mol. The highest BCUT2D eigenvalue weighted by atomic mass is 35.5. The smallest absolute Gasteiger partial charge is 0.166 e. The number of Topliss-reactive ketones (excluding diaryl/α,β-unsaturated/α-hetero) is 1. The van der Waals surface area contributed by atoms with E-state index in [9.17, 15) is 4.79 Å². The minimum absolute atomic E-state index is 0.0442. The molecule has 0 spiro atoms. The number of carbonyl (C=O) groups excluding carboxylic acids is 1. The third-order valence-electron chi connectivity index (χ3n) is 4.99. The fourth-order valence-electron chi connectivity index (χ4n) is 3.52. The van der Waals surface area contributed by atoms with Gasteiger partial charge in [0.2, 0.25) is 0 Å². The van der Waals surface area contributed by atoms with Crippen molar-refractivity contribution < 1.29 is 9.53 Å². The van der Waals surface area contributed by atoms with Gasteiger partial charge in [0, 0.05) is 40.5 Å². The van der Waals surface area contributed by atoms with E-state index >= 15 is 0 Å². The van der Waals surface area contributed by atoms with E-state index in [4.69, 9.17) is 16.3 Å². The molecule has 142 valence electrons. The molecule has 0 saturated carbocycles. The van der Waals surface area contributed by atoms with Gasteiger partial charge in [0.05, 0.1) is 5.69 Å². The van der Waals surface area contributed by atoms with Crippen molar-refractivity contribution in [3.05, 3.63) is 94.8 Å². The van der Waals surface area contributed by atoms with Gasteiger partial charge in [0.15, 0.2) is 5.78 Å². The van der Waals surface area contributed by atoms with Gasteiger partial charge in [-0.05, 0) is 48.0 Å². The fraction of sp³-hybridized carbons (Fsp3) is 0.0833. The van der Waals surface area contributed by atoms with Crippen molar-refractivity contribution in [1.82, 2.24) is 9.38 Å². The molecule has 0 bridgehead atoms. The van der Waals surface area contributed by atoms with Crippen LogP contribution in [-0.2, 0) is 11.2 Å². The van der Waals surface area contributed by atoms with Gasteiger partial charge in [-0.3, -0.25) is 4.79 Å². The van der Waals surface area contributed by atoms with E-state index in [0.29, 0.717) is 17.0 Å². The molecule has 0 saturated heterocycles. The van der Waals surface area contributed by atoms with E-state index in [1.54, 1.807) is 6.07 Å². The second kappa shape index (κ2) is 7.22. The zero-order valence-corrected chi connectivity index (χ0v) is 16.3. The van der Waals surface area contributed by atoms with Gasteiger partial charge in [0.25, 0.3) is 0 Å². The summed E-state index contributed by atoms with van der Waals surface area (Å²) in [5.74, 6) is 0.794. The van der Waals surface area contributed by atoms with Crippen molar-refractivity contribution in [3.8, 4) is 17.0 Å². The SMILES string of the molecule is O=C(Cc1cccc(-c2cn3ccccc3n2)c1)C1=Cc2cc(Cl)ccc2OC1. The lowest BCUT2D eigenvalue weighted by Crippen LogP contribution is -2.16. The number of aromatic nitrogens is 2. The summed E-state index contributed by atoms with van der Waals surface area (Å²) in [7, 11) is 0. The van der Waals surface area contributed by atoms with Crippen molar-refractivity contribution in [2.24, 2.45) is 0 Å².